The van der Waals surface area contributed by atoms with Gasteiger partial charge in [-0.1, -0.05) is 35.9 Å². The predicted molar refractivity (Wildman–Crippen MR) is 169 cm³/mol. The number of amides is 3. The lowest BCUT2D eigenvalue weighted by Crippen LogP contribution is -2.54. The minimum atomic E-state index is -1.40. The molecule has 10 nitrogen and oxygen atoms in total. The molecule has 0 unspecified atom stereocenters. The van der Waals surface area contributed by atoms with Gasteiger partial charge in [0, 0.05) is 30.4 Å². The zero-order valence-electron chi connectivity index (χ0n) is 25.1. The van der Waals surface area contributed by atoms with E-state index >= 15 is 4.39 Å². The van der Waals surface area contributed by atoms with Crippen LogP contribution in [0.4, 0.5) is 20.6 Å². The molecule has 0 radical (unpaired) electrons. The number of methoxy groups -OCH3 is 1. The minimum absolute atomic E-state index is 0.0455. The Balaban J connectivity index is 1.36. The number of hydrogen-bond donors (Lipinski definition) is 2. The summed E-state index contributed by atoms with van der Waals surface area (Å²) in [6.45, 7) is 0.334. The van der Waals surface area contributed by atoms with Crippen molar-refractivity contribution >= 4 is 46.9 Å². The number of allylic oxidation sites excluding steroid dienone is 2. The molecule has 46 heavy (non-hydrogen) atoms. The molecular formula is C34H32ClFN4O6. The second kappa shape index (κ2) is 12.9. The Bertz CT molecular complexity index is 1760. The summed E-state index contributed by atoms with van der Waals surface area (Å²) in [6.07, 6.45) is 6.42. The second-order valence-corrected chi connectivity index (χ2v) is 12.0. The van der Waals surface area contributed by atoms with Crippen molar-refractivity contribution in [1.29, 1.82) is 0 Å². The average molecular weight is 647 g/mol. The fraction of sp³-hybridized carbons (Fsp3) is 0.324. The van der Waals surface area contributed by atoms with Gasteiger partial charge in [0.15, 0.2) is 11.4 Å². The standard InChI is InChI=1S/C34H32ClFN4O6/c1-45-29(42)17-20-8-9-22-21-12-14-37-26(18-21)23(6-3-2-4-7-28(41)38-27(22)16-20)32(43)40-15-5-13-34(19-40)30-25(39-33(44)46-34)11-10-24(35)31(30)36/h2-3,8-12,14,16,18,23H,4-7,13,15,17,19H2,1H3,(H,38,41)(H,39,44)/b3-2+/t23-,34+/m1/s1. The Morgan fingerprint density at radius 3 is 2.80 bits per heavy atom. The number of anilines is 2. The molecule has 0 aliphatic carbocycles. The van der Waals surface area contributed by atoms with Crippen molar-refractivity contribution in [3.05, 3.63) is 88.5 Å². The maximum atomic E-state index is 15.5. The van der Waals surface area contributed by atoms with Gasteiger partial charge in [-0.15, -0.1) is 0 Å². The normalized spacial score (nSPS) is 21.6. The number of pyridine rings is 1. The zero-order chi connectivity index (χ0) is 32.4. The Morgan fingerprint density at radius 2 is 1.98 bits per heavy atom. The van der Waals surface area contributed by atoms with E-state index in [1.807, 2.05) is 24.3 Å². The molecule has 238 valence electrons. The van der Waals surface area contributed by atoms with Crippen LogP contribution in [0.5, 0.6) is 0 Å². The number of carbonyl (C=O) groups is 4. The number of likely N-dealkylation sites (tertiary alicyclic amines) is 1. The number of nitrogens with zero attached hydrogens (tertiary/aromatic N) is 2. The molecular weight excluding hydrogens is 615 g/mol. The molecule has 1 fully saturated rings. The molecule has 4 heterocycles. The van der Waals surface area contributed by atoms with E-state index in [0.29, 0.717) is 54.7 Å². The first-order valence-corrected chi connectivity index (χ1v) is 15.4. The monoisotopic (exact) mass is 646 g/mol. The average Bonchev–Trinajstić information content (AvgIpc) is 3.04. The third-order valence-corrected chi connectivity index (χ3v) is 8.89. The second-order valence-electron chi connectivity index (χ2n) is 11.6. The lowest BCUT2D eigenvalue weighted by Gasteiger charge is -2.45. The quantitative estimate of drug-likeness (QED) is 0.260. The van der Waals surface area contributed by atoms with Crippen molar-refractivity contribution in [3.8, 4) is 11.1 Å². The van der Waals surface area contributed by atoms with E-state index in [9.17, 15) is 19.2 Å². The van der Waals surface area contributed by atoms with Crippen LogP contribution >= 0.6 is 11.6 Å². The van der Waals surface area contributed by atoms with Crippen LogP contribution < -0.4 is 10.6 Å². The summed E-state index contributed by atoms with van der Waals surface area (Å²) >= 11 is 6.14. The van der Waals surface area contributed by atoms with Gasteiger partial charge in [0.1, 0.15) is 0 Å². The van der Waals surface area contributed by atoms with Gasteiger partial charge in [0.25, 0.3) is 0 Å². The van der Waals surface area contributed by atoms with Crippen molar-refractivity contribution in [1.82, 2.24) is 9.88 Å². The highest BCUT2D eigenvalue weighted by Crippen LogP contribution is 2.46. The van der Waals surface area contributed by atoms with E-state index in [1.165, 1.54) is 19.2 Å². The summed E-state index contributed by atoms with van der Waals surface area (Å²) in [7, 11) is 1.32. The lowest BCUT2D eigenvalue weighted by molar-refractivity contribution is -0.141. The zero-order valence-corrected chi connectivity index (χ0v) is 25.9. The highest BCUT2D eigenvalue weighted by molar-refractivity contribution is 6.31. The summed E-state index contributed by atoms with van der Waals surface area (Å²) in [5, 5.41) is 5.42. The van der Waals surface area contributed by atoms with Crippen LogP contribution in [-0.2, 0) is 35.9 Å². The van der Waals surface area contributed by atoms with Crippen LogP contribution in [0.25, 0.3) is 11.1 Å². The van der Waals surface area contributed by atoms with Crippen LogP contribution in [0.2, 0.25) is 5.02 Å². The third kappa shape index (κ3) is 6.19. The smallest absolute Gasteiger partial charge is 0.412 e. The highest BCUT2D eigenvalue weighted by atomic mass is 35.5. The van der Waals surface area contributed by atoms with Gasteiger partial charge in [-0.2, -0.15) is 0 Å². The summed E-state index contributed by atoms with van der Waals surface area (Å²) in [6, 6.07) is 11.9. The summed E-state index contributed by atoms with van der Waals surface area (Å²) in [5.41, 5.74) is 2.14. The first-order chi connectivity index (χ1) is 22.2. The molecule has 1 spiro atoms. The molecule has 2 N–H and O–H groups in total. The first-order valence-electron chi connectivity index (χ1n) is 15.1. The fourth-order valence-corrected chi connectivity index (χ4v) is 6.57. The van der Waals surface area contributed by atoms with Crippen molar-refractivity contribution in [3.63, 3.8) is 0 Å². The van der Waals surface area contributed by atoms with Crippen LogP contribution in [0, 0.1) is 5.82 Å². The first kappa shape index (κ1) is 31.2. The molecule has 3 amide bonds. The number of ether oxygens (including phenoxy) is 2. The summed E-state index contributed by atoms with van der Waals surface area (Å²) in [4.78, 5) is 57.9. The number of benzene rings is 2. The van der Waals surface area contributed by atoms with Crippen molar-refractivity contribution in [2.24, 2.45) is 0 Å². The number of aromatic nitrogens is 1. The number of fused-ring (bicyclic) bond motifs is 6. The van der Waals surface area contributed by atoms with Crippen molar-refractivity contribution in [2.75, 3.05) is 30.8 Å². The highest BCUT2D eigenvalue weighted by Gasteiger charge is 2.49. The van der Waals surface area contributed by atoms with Gasteiger partial charge < -0.3 is 19.7 Å². The SMILES string of the molecule is COC(=O)Cc1ccc2c(c1)NC(=O)CC/C=C/C[C@@H](C(=O)N1CCC[C@@]3(C1)OC(=O)Nc1ccc(Cl)c(F)c13)c1cc-2ccn1. The molecule has 2 bridgehead atoms. The molecule has 1 aromatic heterocycles. The molecule has 6 rings (SSSR count). The molecule has 3 aliphatic heterocycles. The molecule has 12 heteroatoms. The number of hydrogen-bond acceptors (Lipinski definition) is 7. The Morgan fingerprint density at radius 1 is 1.13 bits per heavy atom. The van der Waals surface area contributed by atoms with Crippen LogP contribution in [0.15, 0.2) is 60.8 Å². The number of carbonyl (C=O) groups excluding carboxylic acids is 4. The minimum Gasteiger partial charge on any atom is -0.469 e. The topological polar surface area (TPSA) is 127 Å². The van der Waals surface area contributed by atoms with E-state index in [-0.39, 0.29) is 47.5 Å². The van der Waals surface area contributed by atoms with Crippen molar-refractivity contribution < 1.29 is 33.0 Å². The predicted octanol–water partition coefficient (Wildman–Crippen LogP) is 6.10. The van der Waals surface area contributed by atoms with E-state index in [2.05, 4.69) is 15.6 Å². The number of rotatable bonds is 3. The fourth-order valence-electron chi connectivity index (χ4n) is 6.41. The van der Waals surface area contributed by atoms with Gasteiger partial charge in [-0.25, -0.2) is 9.18 Å². The number of nitrogens with one attached hydrogen (secondary N) is 2. The number of piperidine rings is 1. The van der Waals surface area contributed by atoms with Crippen LogP contribution in [0.1, 0.15) is 54.8 Å². The van der Waals surface area contributed by atoms with E-state index < -0.39 is 29.4 Å². The Kier molecular flexibility index (Phi) is 8.77. The van der Waals surface area contributed by atoms with E-state index in [4.69, 9.17) is 21.1 Å². The lowest BCUT2D eigenvalue weighted by atomic mass is 9.82. The van der Waals surface area contributed by atoms with Gasteiger partial charge in [0.2, 0.25) is 11.8 Å². The van der Waals surface area contributed by atoms with Gasteiger partial charge in [-0.3, -0.25) is 24.7 Å². The van der Waals surface area contributed by atoms with Crippen molar-refractivity contribution in [2.45, 2.75) is 50.0 Å². The summed E-state index contributed by atoms with van der Waals surface area (Å²) in [5.74, 6) is -2.24. The molecule has 3 aliphatic rings. The number of halogens is 2. The number of esters is 1. The van der Waals surface area contributed by atoms with Crippen LogP contribution in [0.3, 0.4) is 0 Å². The molecule has 2 atom stereocenters. The maximum absolute atomic E-state index is 15.5. The molecule has 0 saturated carbocycles. The Labute approximate surface area is 269 Å². The van der Waals surface area contributed by atoms with Gasteiger partial charge in [0.05, 0.1) is 48.0 Å². The maximum Gasteiger partial charge on any atom is 0.412 e. The van der Waals surface area contributed by atoms with Gasteiger partial charge >= 0.3 is 12.1 Å². The molecule has 3 aromatic rings. The van der Waals surface area contributed by atoms with Gasteiger partial charge in [-0.05, 0) is 67.1 Å². The molecule has 2 aromatic carbocycles. The van der Waals surface area contributed by atoms with Crippen LogP contribution in [-0.4, -0.2) is 54.0 Å². The van der Waals surface area contributed by atoms with E-state index in [1.54, 1.807) is 29.3 Å². The Hall–Kier alpha value is -4.77. The summed E-state index contributed by atoms with van der Waals surface area (Å²) < 4.78 is 26.0. The third-order valence-electron chi connectivity index (χ3n) is 8.60. The largest absolute Gasteiger partial charge is 0.469 e. The van der Waals surface area contributed by atoms with E-state index in [0.717, 1.165) is 5.56 Å². The molecule has 1 saturated heterocycles.